The summed E-state index contributed by atoms with van der Waals surface area (Å²) < 4.78 is 16.7. The third-order valence-electron chi connectivity index (χ3n) is 7.82. The van der Waals surface area contributed by atoms with Crippen LogP contribution >= 0.6 is 0 Å². The fourth-order valence-corrected chi connectivity index (χ4v) is 5.62. The summed E-state index contributed by atoms with van der Waals surface area (Å²) >= 11 is 0. The van der Waals surface area contributed by atoms with Crippen molar-refractivity contribution in [3.8, 4) is 17.6 Å². The Morgan fingerprint density at radius 2 is 1.73 bits per heavy atom. The van der Waals surface area contributed by atoms with Gasteiger partial charge in [-0.05, 0) is 67.1 Å². The number of esters is 1. The smallest absolute Gasteiger partial charge is 0.338 e. The topological polar surface area (TPSA) is 139 Å². The average Bonchev–Trinajstić information content (AvgIpc) is 3.63. The van der Waals surface area contributed by atoms with Gasteiger partial charge in [0.25, 0.3) is 0 Å². The number of nitriles is 1. The van der Waals surface area contributed by atoms with Crippen molar-refractivity contribution in [2.45, 2.75) is 38.4 Å². The molecule has 3 N–H and O–H groups in total. The van der Waals surface area contributed by atoms with Gasteiger partial charge in [0.05, 0.1) is 50.0 Å². The summed E-state index contributed by atoms with van der Waals surface area (Å²) in [4.78, 5) is 38.5. The minimum absolute atomic E-state index is 0. The number of rotatable bonds is 10. The molecule has 3 aromatic rings. The maximum atomic E-state index is 13.6. The first-order valence-corrected chi connectivity index (χ1v) is 14.6. The number of hydrogen-bond donors (Lipinski definition) is 3. The molecule has 0 bridgehead atoms. The van der Waals surface area contributed by atoms with Crippen LogP contribution in [-0.2, 0) is 22.5 Å². The lowest BCUT2D eigenvalue weighted by molar-refractivity contribution is -0.911. The van der Waals surface area contributed by atoms with Gasteiger partial charge in [-0.25, -0.2) is 9.59 Å². The van der Waals surface area contributed by atoms with Crippen molar-refractivity contribution in [3.05, 3.63) is 89.0 Å². The standard InChI is InChI=1S/C33H35N5O6.HI/c1-3-42-32(40)25-9-11-26(12-10-25)36-33(41)37-28(16-22-4-6-23(18-34)7-5-22)31(39)35-27-14-15-38(2,20-27)19-24-8-13-29-30(17-24)44-21-43-29;/h4-13,17,27-28H,3,14-16,19-21H2,1-2H3,(H2-,35,36,37,39,40,41);1H/t27-,28-,38?;/m0./s1. The quantitative estimate of drug-likeness (QED) is 0.159. The fourth-order valence-electron chi connectivity index (χ4n) is 5.62. The molecule has 0 radical (unpaired) electrons. The van der Waals surface area contributed by atoms with Crippen molar-refractivity contribution in [1.82, 2.24) is 10.6 Å². The first-order valence-electron chi connectivity index (χ1n) is 14.6. The molecule has 3 amide bonds. The molecule has 45 heavy (non-hydrogen) atoms. The highest BCUT2D eigenvalue weighted by Gasteiger charge is 2.37. The molecule has 2 heterocycles. The molecule has 0 spiro atoms. The van der Waals surface area contributed by atoms with E-state index in [0.717, 1.165) is 53.2 Å². The van der Waals surface area contributed by atoms with Crippen molar-refractivity contribution in [2.75, 3.05) is 38.9 Å². The van der Waals surface area contributed by atoms with Gasteiger partial charge < -0.3 is 58.6 Å². The van der Waals surface area contributed by atoms with E-state index >= 15 is 0 Å². The number of quaternary nitrogens is 1. The van der Waals surface area contributed by atoms with Gasteiger partial charge in [0.1, 0.15) is 12.6 Å². The van der Waals surface area contributed by atoms with Crippen LogP contribution in [0, 0.1) is 11.3 Å². The summed E-state index contributed by atoms with van der Waals surface area (Å²) in [6, 6.07) is 19.8. The third-order valence-corrected chi connectivity index (χ3v) is 7.82. The molecule has 1 fully saturated rings. The molecular formula is C33H36IN5O6. The Morgan fingerprint density at radius 1 is 1.02 bits per heavy atom. The molecule has 2 aliphatic rings. The molecular weight excluding hydrogens is 689 g/mol. The zero-order valence-electron chi connectivity index (χ0n) is 25.2. The third kappa shape index (κ3) is 8.86. The molecule has 3 aromatic carbocycles. The van der Waals surface area contributed by atoms with Crippen LogP contribution in [0.25, 0.3) is 0 Å². The van der Waals surface area contributed by atoms with Crippen LogP contribution in [0.2, 0.25) is 0 Å². The SMILES string of the molecule is CCOC(=O)c1ccc(NC(=O)N[C@@H](Cc2ccc(C#N)cc2)C(=O)N[C@H]2CC[N+](C)(Cc3ccc4c(c3)OCO4)C2)cc1.[I-]. The molecule has 1 saturated heterocycles. The summed E-state index contributed by atoms with van der Waals surface area (Å²) in [7, 11) is 2.17. The number of likely N-dealkylation sites (tertiary alicyclic amines) is 1. The van der Waals surface area contributed by atoms with Crippen LogP contribution in [0.1, 0.15) is 40.4 Å². The van der Waals surface area contributed by atoms with Crippen molar-refractivity contribution >= 4 is 23.6 Å². The number of halogens is 1. The average molecular weight is 726 g/mol. The van der Waals surface area contributed by atoms with E-state index in [0.29, 0.717) is 16.8 Å². The Balaban J connectivity index is 0.00000461. The number of carbonyl (C=O) groups excluding carboxylic acids is 3. The molecule has 0 aromatic heterocycles. The normalized spacial score (nSPS) is 18.6. The zero-order valence-corrected chi connectivity index (χ0v) is 27.3. The van der Waals surface area contributed by atoms with E-state index in [9.17, 15) is 14.4 Å². The molecule has 236 valence electrons. The number of nitrogens with zero attached hydrogens (tertiary/aromatic N) is 2. The lowest BCUT2D eigenvalue weighted by atomic mass is 10.0. The molecule has 0 saturated carbocycles. The van der Waals surface area contributed by atoms with Crippen LogP contribution in [0.5, 0.6) is 11.5 Å². The van der Waals surface area contributed by atoms with E-state index in [-0.39, 0.29) is 55.7 Å². The first-order chi connectivity index (χ1) is 21.2. The van der Waals surface area contributed by atoms with Crippen LogP contribution in [0.4, 0.5) is 10.5 Å². The van der Waals surface area contributed by atoms with Crippen molar-refractivity contribution in [3.63, 3.8) is 0 Å². The van der Waals surface area contributed by atoms with Crippen LogP contribution in [0.15, 0.2) is 66.7 Å². The van der Waals surface area contributed by atoms with Crippen LogP contribution < -0.4 is 49.4 Å². The minimum atomic E-state index is -0.866. The lowest BCUT2D eigenvalue weighted by Gasteiger charge is -2.30. The molecule has 2 aliphatic heterocycles. The van der Waals surface area contributed by atoms with Gasteiger partial charge in [0.15, 0.2) is 11.5 Å². The largest absolute Gasteiger partial charge is 1.00 e. The highest BCUT2D eigenvalue weighted by Crippen LogP contribution is 2.34. The Morgan fingerprint density at radius 3 is 2.44 bits per heavy atom. The highest BCUT2D eigenvalue weighted by molar-refractivity contribution is 5.95. The van der Waals surface area contributed by atoms with Gasteiger partial charge in [-0.3, -0.25) is 4.79 Å². The summed E-state index contributed by atoms with van der Waals surface area (Å²) in [6.45, 7) is 4.64. The number of likely N-dealkylation sites (N-methyl/N-ethyl adjacent to an activating group) is 1. The van der Waals surface area contributed by atoms with E-state index in [1.807, 2.05) is 18.2 Å². The van der Waals surface area contributed by atoms with Crippen LogP contribution in [-0.4, -0.2) is 68.0 Å². The second-order valence-corrected chi connectivity index (χ2v) is 11.3. The zero-order chi connectivity index (χ0) is 31.1. The number of hydrogen-bond acceptors (Lipinski definition) is 7. The summed E-state index contributed by atoms with van der Waals surface area (Å²) in [5.74, 6) is 0.772. The molecule has 11 nitrogen and oxygen atoms in total. The number of carbonyl (C=O) groups is 3. The Labute approximate surface area is 279 Å². The predicted octanol–water partition coefficient (Wildman–Crippen LogP) is 0.736. The number of anilines is 1. The number of nitrogens with one attached hydrogen (secondary N) is 3. The summed E-state index contributed by atoms with van der Waals surface area (Å²) in [5.41, 5.74) is 3.28. The van der Waals surface area contributed by atoms with E-state index in [2.05, 4.69) is 29.1 Å². The van der Waals surface area contributed by atoms with Gasteiger partial charge in [0, 0.05) is 24.1 Å². The maximum absolute atomic E-state index is 13.6. The van der Waals surface area contributed by atoms with Gasteiger partial charge in [0.2, 0.25) is 12.7 Å². The second kappa shape index (κ2) is 15.1. The van der Waals surface area contributed by atoms with Gasteiger partial charge in [-0.2, -0.15) is 5.26 Å². The predicted molar refractivity (Wildman–Crippen MR) is 162 cm³/mol. The molecule has 0 aliphatic carbocycles. The fraction of sp³-hybridized carbons (Fsp3) is 0.333. The van der Waals surface area contributed by atoms with E-state index < -0.39 is 18.0 Å². The molecule has 12 heteroatoms. The van der Waals surface area contributed by atoms with Crippen molar-refractivity contribution in [1.29, 1.82) is 5.26 Å². The van der Waals surface area contributed by atoms with Crippen LogP contribution in [0.3, 0.4) is 0 Å². The van der Waals surface area contributed by atoms with Crippen molar-refractivity contribution < 1.29 is 57.1 Å². The first kappa shape index (κ1) is 33.5. The molecule has 1 unspecified atom stereocenters. The number of ether oxygens (including phenoxy) is 3. The van der Waals surface area contributed by atoms with Gasteiger partial charge in [-0.15, -0.1) is 0 Å². The number of benzene rings is 3. The monoisotopic (exact) mass is 725 g/mol. The van der Waals surface area contributed by atoms with Gasteiger partial charge in [-0.1, -0.05) is 12.1 Å². The van der Waals surface area contributed by atoms with E-state index in [1.54, 1.807) is 55.5 Å². The number of urea groups is 1. The summed E-state index contributed by atoms with van der Waals surface area (Å²) in [6.07, 6.45) is 1.04. The number of amides is 3. The maximum Gasteiger partial charge on any atom is 0.338 e. The second-order valence-electron chi connectivity index (χ2n) is 11.3. The number of fused-ring (bicyclic) bond motifs is 1. The van der Waals surface area contributed by atoms with Gasteiger partial charge >= 0.3 is 12.0 Å². The lowest BCUT2D eigenvalue weighted by Crippen LogP contribution is -3.00. The van der Waals surface area contributed by atoms with E-state index in [1.165, 1.54) is 0 Å². The Kier molecular flexibility index (Phi) is 11.2. The van der Waals surface area contributed by atoms with E-state index in [4.69, 9.17) is 19.5 Å². The molecule has 3 atom stereocenters. The summed E-state index contributed by atoms with van der Waals surface area (Å²) in [5, 5.41) is 17.9. The highest BCUT2D eigenvalue weighted by atomic mass is 127. The van der Waals surface area contributed by atoms with Crippen molar-refractivity contribution in [2.24, 2.45) is 0 Å². The Hall–Kier alpha value is -4.35. The Bertz CT molecular complexity index is 1560. The minimum Gasteiger partial charge on any atom is -1.00 e. The molecule has 5 rings (SSSR count).